The molecule has 1 N–H and O–H groups in total. The first kappa shape index (κ1) is 16.8. The molecule has 6 heteroatoms. The summed E-state index contributed by atoms with van der Waals surface area (Å²) in [5.74, 6) is 0.425. The van der Waals surface area contributed by atoms with Gasteiger partial charge in [-0.1, -0.05) is 36.2 Å². The van der Waals surface area contributed by atoms with Gasteiger partial charge in [0.2, 0.25) is 0 Å². The standard InChI is InChI=1S/C15H21Cl2NO3/c1-2-11-9-20-7-6-18(11)8-12(19)10-21-15-13(16)4-3-5-14(15)17/h3-5,11-12,19H,2,6-10H2,1H3. The van der Waals surface area contributed by atoms with E-state index < -0.39 is 6.10 Å². The van der Waals surface area contributed by atoms with E-state index in [0.717, 1.165) is 19.6 Å². The monoisotopic (exact) mass is 333 g/mol. The minimum Gasteiger partial charge on any atom is -0.488 e. The van der Waals surface area contributed by atoms with Gasteiger partial charge in [0.25, 0.3) is 0 Å². The topological polar surface area (TPSA) is 41.9 Å². The van der Waals surface area contributed by atoms with Crippen LogP contribution in [0.4, 0.5) is 0 Å². The Labute approximate surface area is 135 Å². The number of ether oxygens (including phenoxy) is 2. The molecule has 0 radical (unpaired) electrons. The van der Waals surface area contributed by atoms with E-state index >= 15 is 0 Å². The van der Waals surface area contributed by atoms with Gasteiger partial charge in [-0.2, -0.15) is 0 Å². The molecule has 0 spiro atoms. The van der Waals surface area contributed by atoms with Crippen LogP contribution in [0, 0.1) is 0 Å². The lowest BCUT2D eigenvalue weighted by Crippen LogP contribution is -2.49. The predicted octanol–water partition coefficient (Wildman–Crippen LogP) is 2.84. The van der Waals surface area contributed by atoms with Gasteiger partial charge < -0.3 is 14.6 Å². The zero-order valence-corrected chi connectivity index (χ0v) is 13.6. The van der Waals surface area contributed by atoms with Crippen LogP contribution < -0.4 is 4.74 Å². The Kier molecular flexibility index (Phi) is 6.58. The summed E-state index contributed by atoms with van der Waals surface area (Å²) in [6, 6.07) is 5.54. The van der Waals surface area contributed by atoms with Crippen LogP contribution in [0.3, 0.4) is 0 Å². The zero-order valence-electron chi connectivity index (χ0n) is 12.1. The summed E-state index contributed by atoms with van der Waals surface area (Å²) >= 11 is 12.1. The van der Waals surface area contributed by atoms with Crippen molar-refractivity contribution in [3.63, 3.8) is 0 Å². The molecule has 1 fully saturated rings. The normalized spacial score (nSPS) is 21.2. The van der Waals surface area contributed by atoms with Crippen molar-refractivity contribution in [2.75, 3.05) is 32.9 Å². The second-order valence-electron chi connectivity index (χ2n) is 5.15. The molecule has 0 bridgehead atoms. The van der Waals surface area contributed by atoms with Gasteiger partial charge in [-0.25, -0.2) is 0 Å². The number of para-hydroxylation sites is 1. The van der Waals surface area contributed by atoms with Crippen molar-refractivity contribution >= 4 is 23.2 Å². The molecular weight excluding hydrogens is 313 g/mol. The van der Waals surface area contributed by atoms with Crippen LogP contribution in [-0.2, 0) is 4.74 Å². The number of halogens is 2. The van der Waals surface area contributed by atoms with E-state index in [1.807, 2.05) is 0 Å². The highest BCUT2D eigenvalue weighted by atomic mass is 35.5. The lowest BCUT2D eigenvalue weighted by atomic mass is 10.1. The largest absolute Gasteiger partial charge is 0.488 e. The maximum atomic E-state index is 10.2. The van der Waals surface area contributed by atoms with Gasteiger partial charge in [0.15, 0.2) is 5.75 Å². The molecule has 0 saturated carbocycles. The first-order valence-electron chi connectivity index (χ1n) is 7.18. The molecule has 1 aliphatic heterocycles. The van der Waals surface area contributed by atoms with Crippen molar-refractivity contribution in [2.45, 2.75) is 25.5 Å². The second-order valence-corrected chi connectivity index (χ2v) is 5.96. The summed E-state index contributed by atoms with van der Waals surface area (Å²) < 4.78 is 11.0. The molecule has 4 nitrogen and oxygen atoms in total. The number of β-amino-alcohol motifs (C(OH)–C–C–N with tert-alkyl or cyclic N) is 1. The Morgan fingerprint density at radius 2 is 2.14 bits per heavy atom. The van der Waals surface area contributed by atoms with Crippen LogP contribution in [0.2, 0.25) is 10.0 Å². The molecule has 2 atom stereocenters. The molecule has 1 aromatic rings. The summed E-state index contributed by atoms with van der Waals surface area (Å²) in [4.78, 5) is 2.24. The molecule has 0 aromatic heterocycles. The van der Waals surface area contributed by atoms with E-state index in [2.05, 4.69) is 11.8 Å². The van der Waals surface area contributed by atoms with Crippen LogP contribution in [0.5, 0.6) is 5.75 Å². The van der Waals surface area contributed by atoms with E-state index in [-0.39, 0.29) is 6.61 Å². The molecule has 0 aliphatic carbocycles. The Hall–Kier alpha value is -0.520. The number of aliphatic hydroxyl groups is 1. The maximum Gasteiger partial charge on any atom is 0.156 e. The van der Waals surface area contributed by atoms with Gasteiger partial charge in [0.05, 0.1) is 23.3 Å². The highest BCUT2D eigenvalue weighted by molar-refractivity contribution is 6.37. The van der Waals surface area contributed by atoms with Crippen LogP contribution in [0.1, 0.15) is 13.3 Å². The number of rotatable bonds is 6. The van der Waals surface area contributed by atoms with Crippen molar-refractivity contribution in [1.82, 2.24) is 4.90 Å². The van der Waals surface area contributed by atoms with Crippen LogP contribution in [0.25, 0.3) is 0 Å². The Morgan fingerprint density at radius 3 is 2.81 bits per heavy atom. The first-order valence-corrected chi connectivity index (χ1v) is 7.94. The third-order valence-corrected chi connectivity index (χ3v) is 4.20. The quantitative estimate of drug-likeness (QED) is 0.869. The van der Waals surface area contributed by atoms with Gasteiger partial charge in [0, 0.05) is 19.1 Å². The molecule has 21 heavy (non-hydrogen) atoms. The van der Waals surface area contributed by atoms with E-state index in [9.17, 15) is 5.11 Å². The molecule has 2 unspecified atom stereocenters. The maximum absolute atomic E-state index is 10.2. The zero-order chi connectivity index (χ0) is 15.2. The van der Waals surface area contributed by atoms with Gasteiger partial charge in [0.1, 0.15) is 12.7 Å². The third kappa shape index (κ3) is 4.73. The molecule has 2 rings (SSSR count). The number of nitrogens with zero attached hydrogens (tertiary/aromatic N) is 1. The number of hydrogen-bond acceptors (Lipinski definition) is 4. The fourth-order valence-electron chi connectivity index (χ4n) is 2.43. The summed E-state index contributed by atoms with van der Waals surface area (Å²) in [6.07, 6.45) is 0.411. The smallest absolute Gasteiger partial charge is 0.156 e. The van der Waals surface area contributed by atoms with Gasteiger partial charge >= 0.3 is 0 Å². The highest BCUT2D eigenvalue weighted by Crippen LogP contribution is 2.32. The number of benzene rings is 1. The van der Waals surface area contributed by atoms with Crippen LogP contribution in [0.15, 0.2) is 18.2 Å². The van der Waals surface area contributed by atoms with Crippen molar-refractivity contribution in [3.8, 4) is 5.75 Å². The van der Waals surface area contributed by atoms with Gasteiger partial charge in [-0.15, -0.1) is 0 Å². The molecule has 118 valence electrons. The lowest BCUT2D eigenvalue weighted by Gasteiger charge is -2.36. The molecule has 0 amide bonds. The van der Waals surface area contributed by atoms with Gasteiger partial charge in [-0.3, -0.25) is 4.90 Å². The third-order valence-electron chi connectivity index (χ3n) is 3.60. The summed E-state index contributed by atoms with van der Waals surface area (Å²) in [6.45, 7) is 5.11. The van der Waals surface area contributed by atoms with Crippen molar-refractivity contribution < 1.29 is 14.6 Å². The molecule has 1 aliphatic rings. The average Bonchev–Trinajstić information content (AvgIpc) is 2.47. The number of hydrogen-bond donors (Lipinski definition) is 1. The van der Waals surface area contributed by atoms with E-state index in [4.69, 9.17) is 32.7 Å². The summed E-state index contributed by atoms with van der Waals surface area (Å²) in [5, 5.41) is 11.1. The van der Waals surface area contributed by atoms with Crippen LogP contribution in [-0.4, -0.2) is 55.1 Å². The predicted molar refractivity (Wildman–Crippen MR) is 84.4 cm³/mol. The van der Waals surface area contributed by atoms with E-state index in [1.54, 1.807) is 18.2 Å². The fraction of sp³-hybridized carbons (Fsp3) is 0.600. The highest BCUT2D eigenvalue weighted by Gasteiger charge is 2.23. The molecule has 1 heterocycles. The van der Waals surface area contributed by atoms with E-state index in [0.29, 0.717) is 35.0 Å². The summed E-state index contributed by atoms with van der Waals surface area (Å²) in [7, 11) is 0. The Balaban J connectivity index is 1.85. The minimum absolute atomic E-state index is 0.164. The van der Waals surface area contributed by atoms with Gasteiger partial charge in [-0.05, 0) is 18.6 Å². The minimum atomic E-state index is -0.593. The summed E-state index contributed by atoms with van der Waals surface area (Å²) in [5.41, 5.74) is 0. The molecule has 1 saturated heterocycles. The SMILES string of the molecule is CCC1COCCN1CC(O)COc1c(Cl)cccc1Cl. The van der Waals surface area contributed by atoms with Crippen molar-refractivity contribution in [3.05, 3.63) is 28.2 Å². The molecular formula is C15H21Cl2NO3. The van der Waals surface area contributed by atoms with Crippen LogP contribution >= 0.6 is 23.2 Å². The van der Waals surface area contributed by atoms with Crippen molar-refractivity contribution in [2.24, 2.45) is 0 Å². The average molecular weight is 334 g/mol. The lowest BCUT2D eigenvalue weighted by molar-refractivity contribution is -0.0333. The van der Waals surface area contributed by atoms with E-state index in [1.165, 1.54) is 0 Å². The second kappa shape index (κ2) is 8.20. The first-order chi connectivity index (χ1) is 10.1. The Bertz CT molecular complexity index is 438. The number of aliphatic hydroxyl groups excluding tert-OH is 1. The molecule has 1 aromatic carbocycles. The van der Waals surface area contributed by atoms with Crippen molar-refractivity contribution in [1.29, 1.82) is 0 Å². The fourth-order valence-corrected chi connectivity index (χ4v) is 2.94. The Morgan fingerprint density at radius 1 is 1.43 bits per heavy atom. The number of morpholine rings is 1.